The fraction of sp³-hybridized carbons (Fsp3) is 0.125. The molecule has 0 bridgehead atoms. The topological polar surface area (TPSA) is 66.5 Å². The van der Waals surface area contributed by atoms with Gasteiger partial charge in [0, 0.05) is 34.6 Å². The van der Waals surface area contributed by atoms with Crippen LogP contribution in [-0.4, -0.2) is 31.9 Å². The number of benzene rings is 3. The van der Waals surface area contributed by atoms with Crippen molar-refractivity contribution in [3.05, 3.63) is 100 Å². The molecule has 0 atom stereocenters. The Morgan fingerprint density at radius 3 is 2.38 bits per heavy atom. The minimum absolute atomic E-state index is 0.0618. The van der Waals surface area contributed by atoms with Crippen LogP contribution in [0.5, 0.6) is 0 Å². The van der Waals surface area contributed by atoms with Crippen LogP contribution in [0.15, 0.2) is 88.3 Å². The minimum Gasteiger partial charge on any atom is -0.347 e. The summed E-state index contributed by atoms with van der Waals surface area (Å²) in [5, 5.41) is 3.27. The molecule has 0 aliphatic carbocycles. The van der Waals surface area contributed by atoms with Crippen LogP contribution in [0.3, 0.4) is 0 Å². The van der Waals surface area contributed by atoms with Crippen molar-refractivity contribution >= 4 is 44.9 Å². The quantitative estimate of drug-likeness (QED) is 0.530. The summed E-state index contributed by atoms with van der Waals surface area (Å²) in [5.74, 6) is -0.477. The Morgan fingerprint density at radius 2 is 1.72 bits per heavy atom. The average Bonchev–Trinajstić information content (AvgIpc) is 2.80. The number of carbonyl (C=O) groups excluding carboxylic acids is 1. The highest BCUT2D eigenvalue weighted by molar-refractivity contribution is 7.98. The van der Waals surface area contributed by atoms with Crippen LogP contribution < -0.4 is 5.32 Å². The summed E-state index contributed by atoms with van der Waals surface area (Å²) in [6, 6.07) is 21.7. The van der Waals surface area contributed by atoms with Gasteiger partial charge in [-0.25, -0.2) is 8.42 Å². The molecule has 0 unspecified atom stereocenters. The molecule has 0 spiro atoms. The van der Waals surface area contributed by atoms with Gasteiger partial charge in [0.25, 0.3) is 15.9 Å². The zero-order chi connectivity index (χ0) is 22.9. The SMILES string of the molecule is CSc1ccc(CNC(=O)C2=C(c3ccccc3)c3cc(Cl)ccc3S(=O)(=O)N2C)cc1. The number of hydrogen-bond acceptors (Lipinski definition) is 4. The number of hydrogen-bond donors (Lipinski definition) is 1. The van der Waals surface area contributed by atoms with Crippen molar-refractivity contribution in [3.8, 4) is 0 Å². The molecule has 3 aromatic rings. The molecule has 8 heteroatoms. The first-order valence-corrected chi connectivity index (χ1v) is 12.9. The Bertz CT molecular complexity index is 1300. The third-order valence-corrected chi connectivity index (χ3v) is 8.08. The lowest BCUT2D eigenvalue weighted by atomic mass is 9.95. The Morgan fingerprint density at radius 1 is 1.03 bits per heavy atom. The molecule has 0 fully saturated rings. The van der Waals surface area contributed by atoms with Crippen LogP contribution in [0, 0.1) is 0 Å². The minimum atomic E-state index is -3.91. The van der Waals surface area contributed by atoms with Crippen molar-refractivity contribution in [3.63, 3.8) is 0 Å². The number of sulfonamides is 1. The van der Waals surface area contributed by atoms with Crippen molar-refractivity contribution in [2.24, 2.45) is 0 Å². The summed E-state index contributed by atoms with van der Waals surface area (Å²) in [6.07, 6.45) is 2.00. The maximum Gasteiger partial charge on any atom is 0.269 e. The third kappa shape index (κ3) is 4.16. The van der Waals surface area contributed by atoms with E-state index in [1.165, 1.54) is 19.2 Å². The Hall–Kier alpha value is -2.74. The van der Waals surface area contributed by atoms with E-state index in [-0.39, 0.29) is 17.1 Å². The molecular weight excluding hydrogens is 464 g/mol. The van der Waals surface area contributed by atoms with Crippen LogP contribution >= 0.6 is 23.4 Å². The second kappa shape index (κ2) is 9.02. The molecule has 1 aliphatic heterocycles. The zero-order valence-corrected chi connectivity index (χ0v) is 19.9. The lowest BCUT2D eigenvalue weighted by molar-refractivity contribution is -0.118. The number of nitrogens with one attached hydrogen (secondary N) is 1. The number of likely N-dealkylation sites (N-methyl/N-ethyl adjacent to an activating group) is 1. The second-order valence-electron chi connectivity index (χ2n) is 7.23. The molecule has 4 rings (SSSR count). The molecule has 32 heavy (non-hydrogen) atoms. The van der Waals surface area contributed by atoms with E-state index in [1.54, 1.807) is 17.8 Å². The smallest absolute Gasteiger partial charge is 0.269 e. The van der Waals surface area contributed by atoms with Gasteiger partial charge < -0.3 is 5.32 Å². The predicted molar refractivity (Wildman–Crippen MR) is 129 cm³/mol. The summed E-state index contributed by atoms with van der Waals surface area (Å²) in [6.45, 7) is 0.273. The number of nitrogens with zero attached hydrogens (tertiary/aromatic N) is 1. The largest absolute Gasteiger partial charge is 0.347 e. The van der Waals surface area contributed by atoms with Crippen LogP contribution in [0.2, 0.25) is 5.02 Å². The molecule has 1 N–H and O–H groups in total. The Balaban J connectivity index is 1.81. The summed E-state index contributed by atoms with van der Waals surface area (Å²) < 4.78 is 27.5. The summed E-state index contributed by atoms with van der Waals surface area (Å²) in [7, 11) is -2.51. The standard InChI is InChI=1S/C24H21ClN2O3S2/c1-27-23(24(28)26-15-16-8-11-19(31-2)12-9-16)22(17-6-4-3-5-7-17)20-14-18(25)10-13-21(20)32(27,29)30/h3-14H,15H2,1-2H3,(H,26,28). The average molecular weight is 485 g/mol. The van der Waals surface area contributed by atoms with Gasteiger partial charge in [0.05, 0.1) is 4.90 Å². The van der Waals surface area contributed by atoms with Gasteiger partial charge in [-0.2, -0.15) is 0 Å². The van der Waals surface area contributed by atoms with Crippen LogP contribution in [0.4, 0.5) is 0 Å². The number of rotatable bonds is 5. The van der Waals surface area contributed by atoms with E-state index in [1.807, 2.05) is 60.9 Å². The van der Waals surface area contributed by atoms with E-state index in [2.05, 4.69) is 5.32 Å². The molecule has 0 saturated heterocycles. The van der Waals surface area contributed by atoms with Gasteiger partial charge in [-0.05, 0) is 47.7 Å². The van der Waals surface area contributed by atoms with Crippen molar-refractivity contribution in [1.82, 2.24) is 9.62 Å². The van der Waals surface area contributed by atoms with E-state index < -0.39 is 15.9 Å². The van der Waals surface area contributed by atoms with E-state index in [4.69, 9.17) is 11.6 Å². The lowest BCUT2D eigenvalue weighted by Gasteiger charge is -2.31. The Labute approximate surface area is 197 Å². The first kappa shape index (κ1) is 22.5. The maximum absolute atomic E-state index is 13.4. The monoisotopic (exact) mass is 484 g/mol. The first-order chi connectivity index (χ1) is 15.3. The van der Waals surface area contributed by atoms with Crippen LogP contribution in [0.1, 0.15) is 16.7 Å². The van der Waals surface area contributed by atoms with Gasteiger partial charge in [0.2, 0.25) is 0 Å². The highest BCUT2D eigenvalue weighted by Gasteiger charge is 2.38. The summed E-state index contributed by atoms with van der Waals surface area (Å²) >= 11 is 7.86. The molecule has 0 aromatic heterocycles. The fourth-order valence-electron chi connectivity index (χ4n) is 3.64. The van der Waals surface area contributed by atoms with E-state index in [0.717, 1.165) is 20.3 Å². The summed E-state index contributed by atoms with van der Waals surface area (Å²) in [4.78, 5) is 14.6. The van der Waals surface area contributed by atoms with Gasteiger partial charge >= 0.3 is 0 Å². The third-order valence-electron chi connectivity index (χ3n) is 5.29. The molecule has 5 nitrogen and oxygen atoms in total. The van der Waals surface area contributed by atoms with Crippen molar-refractivity contribution in [2.45, 2.75) is 16.3 Å². The number of amides is 1. The van der Waals surface area contributed by atoms with Gasteiger partial charge in [0.15, 0.2) is 0 Å². The summed E-state index contributed by atoms with van der Waals surface area (Å²) in [5.41, 5.74) is 2.65. The molecule has 0 radical (unpaired) electrons. The normalized spacial score (nSPS) is 14.8. The number of carbonyl (C=O) groups is 1. The zero-order valence-electron chi connectivity index (χ0n) is 17.5. The van der Waals surface area contributed by atoms with Crippen LogP contribution in [-0.2, 0) is 21.4 Å². The molecule has 3 aromatic carbocycles. The van der Waals surface area contributed by atoms with E-state index >= 15 is 0 Å². The number of halogens is 1. The van der Waals surface area contributed by atoms with Gasteiger partial charge in [-0.3, -0.25) is 9.10 Å². The Kier molecular flexibility index (Phi) is 6.33. The molecular formula is C24H21ClN2O3S2. The van der Waals surface area contributed by atoms with Crippen molar-refractivity contribution < 1.29 is 13.2 Å². The van der Waals surface area contributed by atoms with Gasteiger partial charge in [-0.15, -0.1) is 11.8 Å². The molecule has 0 saturated carbocycles. The predicted octanol–water partition coefficient (Wildman–Crippen LogP) is 4.77. The highest BCUT2D eigenvalue weighted by atomic mass is 35.5. The van der Waals surface area contributed by atoms with E-state index in [9.17, 15) is 13.2 Å². The fourth-order valence-corrected chi connectivity index (χ4v) is 5.61. The molecule has 1 aliphatic rings. The van der Waals surface area contributed by atoms with Crippen molar-refractivity contribution in [1.29, 1.82) is 0 Å². The highest BCUT2D eigenvalue weighted by Crippen LogP contribution is 2.40. The first-order valence-electron chi connectivity index (χ1n) is 9.82. The van der Waals surface area contributed by atoms with Crippen molar-refractivity contribution in [2.75, 3.05) is 13.3 Å². The maximum atomic E-state index is 13.4. The van der Waals surface area contributed by atoms with E-state index in [0.29, 0.717) is 16.2 Å². The van der Waals surface area contributed by atoms with Gasteiger partial charge in [0.1, 0.15) is 5.70 Å². The second-order valence-corrected chi connectivity index (χ2v) is 10.5. The number of thioether (sulfide) groups is 1. The van der Waals surface area contributed by atoms with Gasteiger partial charge in [-0.1, -0.05) is 54.1 Å². The number of fused-ring (bicyclic) bond motifs is 1. The molecule has 164 valence electrons. The molecule has 1 heterocycles. The van der Waals surface area contributed by atoms with Crippen LogP contribution in [0.25, 0.3) is 5.57 Å². The molecule has 1 amide bonds. The lowest BCUT2D eigenvalue weighted by Crippen LogP contribution is -2.39.